The second kappa shape index (κ2) is 6.26. The first kappa shape index (κ1) is 10.5. The zero-order chi connectivity index (χ0) is 8.69. The van der Waals surface area contributed by atoms with E-state index < -0.39 is 23.9 Å². The van der Waals surface area contributed by atoms with Gasteiger partial charge in [0.15, 0.2) is 6.61 Å². The Labute approximate surface area is 67.2 Å². The van der Waals surface area contributed by atoms with E-state index in [-0.39, 0.29) is 0 Å². The molecule has 0 saturated carbocycles. The molecule has 1 atom stereocenters. The van der Waals surface area contributed by atoms with Crippen LogP contribution in [0.5, 0.6) is 0 Å². The predicted molar refractivity (Wildman–Crippen MR) is 38.0 cm³/mol. The molecule has 0 spiro atoms. The number of carbonyl (C=O) groups is 1. The van der Waals surface area contributed by atoms with Crippen molar-refractivity contribution < 1.29 is 22.5 Å². The van der Waals surface area contributed by atoms with E-state index >= 15 is 0 Å². The summed E-state index contributed by atoms with van der Waals surface area (Å²) in [5.41, 5.74) is 0. The van der Waals surface area contributed by atoms with Gasteiger partial charge in [-0.25, -0.2) is 4.79 Å². The first-order valence-electron chi connectivity index (χ1n) is 3.06. The molecule has 0 saturated heterocycles. The summed E-state index contributed by atoms with van der Waals surface area (Å²) < 4.78 is 26.5. The highest BCUT2D eigenvalue weighted by Crippen LogP contribution is 1.85. The van der Waals surface area contributed by atoms with Gasteiger partial charge in [-0.1, -0.05) is 6.92 Å². The molecule has 1 unspecified atom stereocenters. The molecule has 0 aliphatic rings. The molecular weight excluding hydrogens is 172 g/mol. The van der Waals surface area contributed by atoms with Crippen LogP contribution in [0.3, 0.4) is 0 Å². The Morgan fingerprint density at radius 1 is 1.64 bits per heavy atom. The van der Waals surface area contributed by atoms with Crippen LogP contribution in [0.4, 0.5) is 0 Å². The monoisotopic (exact) mass is 182 g/mol. The molecule has 0 heterocycles. The van der Waals surface area contributed by atoms with E-state index in [0.29, 0.717) is 13.0 Å². The molecule has 0 aliphatic carbocycles. The van der Waals surface area contributed by atoms with Crippen molar-refractivity contribution in [2.45, 2.75) is 13.3 Å². The van der Waals surface area contributed by atoms with Gasteiger partial charge >= 0.3 is 17.3 Å². The van der Waals surface area contributed by atoms with Gasteiger partial charge < -0.3 is 4.74 Å². The van der Waals surface area contributed by atoms with Crippen LogP contribution in [0.2, 0.25) is 0 Å². The number of carbonyl (C=O) groups excluding carboxylic acids is 1. The highest BCUT2D eigenvalue weighted by molar-refractivity contribution is 7.74. The van der Waals surface area contributed by atoms with Crippen LogP contribution in [0, 0.1) is 0 Å². The van der Waals surface area contributed by atoms with Crippen LogP contribution < -0.4 is 0 Å². The summed E-state index contributed by atoms with van der Waals surface area (Å²) in [6.45, 7) is 1.67. The fourth-order valence-corrected chi connectivity index (χ4v) is 0.553. The lowest BCUT2D eigenvalue weighted by Gasteiger charge is -2.00. The molecule has 11 heavy (non-hydrogen) atoms. The maximum atomic E-state index is 10.5. The van der Waals surface area contributed by atoms with Gasteiger partial charge in [-0.2, -0.15) is 4.21 Å². The zero-order valence-corrected chi connectivity index (χ0v) is 6.93. The van der Waals surface area contributed by atoms with Crippen molar-refractivity contribution in [3.63, 3.8) is 0 Å². The summed E-state index contributed by atoms with van der Waals surface area (Å²) in [7, 11) is 0. The van der Waals surface area contributed by atoms with Crippen LogP contribution in [-0.4, -0.2) is 27.9 Å². The first-order chi connectivity index (χ1) is 5.16. The number of ether oxygens (including phenoxy) is 1. The third-order valence-electron chi connectivity index (χ3n) is 0.745. The van der Waals surface area contributed by atoms with E-state index in [0.717, 1.165) is 0 Å². The molecule has 0 aromatic carbocycles. The van der Waals surface area contributed by atoms with Crippen LogP contribution in [0.15, 0.2) is 0 Å². The van der Waals surface area contributed by atoms with Crippen LogP contribution in [0.1, 0.15) is 13.3 Å². The Balaban J connectivity index is 3.30. The topological polar surface area (TPSA) is 72.8 Å². The summed E-state index contributed by atoms with van der Waals surface area (Å²) in [5.74, 6) is -0.630. The second-order valence-corrected chi connectivity index (χ2v) is 2.37. The average molecular weight is 182 g/mol. The molecule has 6 heteroatoms. The molecule has 0 aromatic rings. The Morgan fingerprint density at radius 3 is 2.73 bits per heavy atom. The molecule has 0 fully saturated rings. The van der Waals surface area contributed by atoms with Gasteiger partial charge in [0.05, 0.1) is 6.61 Å². The highest BCUT2D eigenvalue weighted by atomic mass is 32.2. The van der Waals surface area contributed by atoms with Crippen molar-refractivity contribution in [1.82, 2.24) is 0 Å². The summed E-state index contributed by atoms with van der Waals surface area (Å²) >= 11 is -2.39. The van der Waals surface area contributed by atoms with Crippen molar-refractivity contribution in [2.75, 3.05) is 13.2 Å². The second-order valence-electron chi connectivity index (χ2n) is 1.70. The van der Waals surface area contributed by atoms with E-state index in [4.69, 9.17) is 4.55 Å². The molecule has 0 amide bonds. The van der Waals surface area contributed by atoms with Crippen LogP contribution >= 0.6 is 0 Å². The number of hydrogen-bond acceptors (Lipinski definition) is 4. The first-order valence-corrected chi connectivity index (χ1v) is 4.09. The summed E-state index contributed by atoms with van der Waals surface area (Å²) in [5, 5.41) is 0. The van der Waals surface area contributed by atoms with Gasteiger partial charge in [0.2, 0.25) is 0 Å². The SMILES string of the molecule is CCCOC(=O)COS(=O)O. The van der Waals surface area contributed by atoms with Crippen molar-refractivity contribution >= 4 is 17.3 Å². The molecule has 1 N–H and O–H groups in total. The highest BCUT2D eigenvalue weighted by Gasteiger charge is 2.03. The predicted octanol–water partition coefficient (Wildman–Crippen LogP) is 0.0929. The minimum Gasteiger partial charge on any atom is -0.464 e. The largest absolute Gasteiger partial charge is 0.464 e. The van der Waals surface area contributed by atoms with E-state index in [9.17, 15) is 9.00 Å². The minimum atomic E-state index is -2.39. The van der Waals surface area contributed by atoms with Crippen LogP contribution in [-0.2, 0) is 25.1 Å². The van der Waals surface area contributed by atoms with Crippen molar-refractivity contribution in [3.8, 4) is 0 Å². The molecular formula is C5H10O5S. The summed E-state index contributed by atoms with van der Waals surface area (Å²) in [4.78, 5) is 10.5. The van der Waals surface area contributed by atoms with E-state index in [1.807, 2.05) is 6.92 Å². The number of esters is 1. The Hall–Kier alpha value is -0.460. The van der Waals surface area contributed by atoms with Crippen molar-refractivity contribution in [1.29, 1.82) is 0 Å². The number of rotatable bonds is 5. The zero-order valence-electron chi connectivity index (χ0n) is 6.11. The van der Waals surface area contributed by atoms with Gasteiger partial charge in [-0.05, 0) is 6.42 Å². The normalized spacial score (nSPS) is 12.5. The third-order valence-corrected chi connectivity index (χ3v) is 1.06. The fraction of sp³-hybridized carbons (Fsp3) is 0.800. The van der Waals surface area contributed by atoms with Crippen molar-refractivity contribution in [3.05, 3.63) is 0 Å². The third kappa shape index (κ3) is 7.44. The minimum absolute atomic E-state index is 0.306. The Bertz CT molecular complexity index is 146. The molecule has 0 bridgehead atoms. The molecule has 0 aromatic heterocycles. The molecule has 0 radical (unpaired) electrons. The Morgan fingerprint density at radius 2 is 2.27 bits per heavy atom. The lowest BCUT2D eigenvalue weighted by molar-refractivity contribution is -0.145. The molecule has 66 valence electrons. The average Bonchev–Trinajstić information content (AvgIpc) is 1.97. The van der Waals surface area contributed by atoms with Gasteiger partial charge in [0.25, 0.3) is 0 Å². The van der Waals surface area contributed by atoms with Gasteiger partial charge in [0, 0.05) is 0 Å². The van der Waals surface area contributed by atoms with E-state index in [2.05, 4.69) is 8.92 Å². The summed E-state index contributed by atoms with van der Waals surface area (Å²) in [6, 6.07) is 0. The van der Waals surface area contributed by atoms with E-state index in [1.54, 1.807) is 0 Å². The molecule has 5 nitrogen and oxygen atoms in total. The fourth-order valence-electron chi connectivity index (χ4n) is 0.356. The van der Waals surface area contributed by atoms with Gasteiger partial charge in [-0.15, -0.1) is 0 Å². The quantitative estimate of drug-likeness (QED) is 0.482. The van der Waals surface area contributed by atoms with Crippen molar-refractivity contribution in [2.24, 2.45) is 0 Å². The lowest BCUT2D eigenvalue weighted by atomic mass is 10.5. The van der Waals surface area contributed by atoms with Gasteiger partial charge in [-0.3, -0.25) is 8.74 Å². The summed E-state index contributed by atoms with van der Waals surface area (Å²) in [6.07, 6.45) is 0.716. The molecule has 0 rings (SSSR count). The lowest BCUT2D eigenvalue weighted by Crippen LogP contribution is -2.13. The van der Waals surface area contributed by atoms with Gasteiger partial charge in [0.1, 0.15) is 0 Å². The maximum absolute atomic E-state index is 10.5. The maximum Gasteiger partial charge on any atom is 0.333 e. The Kier molecular flexibility index (Phi) is 6.00. The molecule has 0 aliphatic heterocycles. The standard InChI is InChI=1S/C5H10O5S/c1-2-3-9-5(6)4-10-11(7)8/h2-4H2,1H3,(H,7,8). The van der Waals surface area contributed by atoms with Crippen LogP contribution in [0.25, 0.3) is 0 Å². The smallest absolute Gasteiger partial charge is 0.333 e. The number of hydrogen-bond donors (Lipinski definition) is 1. The van der Waals surface area contributed by atoms with E-state index in [1.165, 1.54) is 0 Å².